The van der Waals surface area contributed by atoms with Gasteiger partial charge in [-0.3, -0.25) is 0 Å². The molecule has 240 valence electrons. The molecule has 3 aliphatic rings. The molecule has 0 aromatic heterocycles. The summed E-state index contributed by atoms with van der Waals surface area (Å²) in [4.78, 5) is 2.24. The molecule has 0 amide bonds. The summed E-state index contributed by atoms with van der Waals surface area (Å²) in [5.41, 5.74) is 1.75. The fourth-order valence-corrected chi connectivity index (χ4v) is 8.51. The van der Waals surface area contributed by atoms with Crippen molar-refractivity contribution in [1.29, 1.82) is 0 Å². The van der Waals surface area contributed by atoms with Gasteiger partial charge in [-0.1, -0.05) is 45.1 Å². The molecule has 3 aliphatic carbocycles. The van der Waals surface area contributed by atoms with E-state index in [4.69, 9.17) is 0 Å². The highest BCUT2D eigenvalue weighted by atomic mass is 19.4. The van der Waals surface area contributed by atoms with E-state index in [1.807, 2.05) is 12.1 Å². The summed E-state index contributed by atoms with van der Waals surface area (Å²) in [7, 11) is 2.05. The Balaban J connectivity index is 1.19. The largest absolute Gasteiger partial charge is 0.508 e. The molecule has 0 bridgehead atoms. The lowest BCUT2D eigenvalue weighted by molar-refractivity contribution is -0.284. The minimum absolute atomic E-state index is 0.121. The maximum atomic E-state index is 15.9. The number of hydrogen-bond acceptors (Lipinski definition) is 3. The van der Waals surface area contributed by atoms with E-state index in [2.05, 4.69) is 18.9 Å². The van der Waals surface area contributed by atoms with Gasteiger partial charge < -0.3 is 15.1 Å². The van der Waals surface area contributed by atoms with Crippen molar-refractivity contribution < 1.29 is 36.6 Å². The van der Waals surface area contributed by atoms with Crippen LogP contribution in [-0.4, -0.2) is 59.6 Å². The van der Waals surface area contributed by atoms with Crippen molar-refractivity contribution in [2.24, 2.45) is 23.2 Å². The SMILES string of the molecule is CN(CCCCCCCC(F)(F)C(F)(F)F)CCCCC[C@@H]1Cc2cc(O)ccc2[C@@H]2[C@@H]1[C@@H]1CC[C@H](O)[C@@]1(C)C[C@@H]2F. The number of halogens is 6. The predicted octanol–water partition coefficient (Wildman–Crippen LogP) is 8.81. The summed E-state index contributed by atoms with van der Waals surface area (Å²) in [5, 5.41) is 20.9. The molecule has 0 unspecified atom stereocenters. The van der Waals surface area contributed by atoms with Crippen LogP contribution in [0.3, 0.4) is 0 Å². The minimum Gasteiger partial charge on any atom is -0.508 e. The number of nitrogens with zero attached hydrogens (tertiary/aromatic N) is 1. The van der Waals surface area contributed by atoms with Crippen molar-refractivity contribution in [3.63, 3.8) is 0 Å². The van der Waals surface area contributed by atoms with E-state index >= 15 is 4.39 Å². The third-order valence-electron chi connectivity index (χ3n) is 10.8. The average Bonchev–Trinajstić information content (AvgIpc) is 3.20. The highest BCUT2D eigenvalue weighted by molar-refractivity contribution is 5.41. The monoisotopic (exact) mass is 605 g/mol. The molecule has 1 aromatic rings. The van der Waals surface area contributed by atoms with Crippen LogP contribution in [0, 0.1) is 23.2 Å². The topological polar surface area (TPSA) is 43.7 Å². The zero-order valence-corrected chi connectivity index (χ0v) is 25.1. The normalized spacial score (nSPS) is 31.2. The van der Waals surface area contributed by atoms with Crippen molar-refractivity contribution >= 4 is 0 Å². The van der Waals surface area contributed by atoms with Crippen molar-refractivity contribution in [2.45, 2.75) is 127 Å². The second kappa shape index (κ2) is 13.7. The number of benzene rings is 1. The number of fused-ring (bicyclic) bond motifs is 5. The first-order valence-corrected chi connectivity index (χ1v) is 16.0. The van der Waals surface area contributed by atoms with E-state index in [0.717, 1.165) is 82.0 Å². The van der Waals surface area contributed by atoms with Crippen molar-refractivity contribution in [3.05, 3.63) is 29.3 Å². The quantitative estimate of drug-likeness (QED) is 0.165. The molecule has 42 heavy (non-hydrogen) atoms. The number of rotatable bonds is 14. The number of unbranched alkanes of at least 4 members (excludes halogenated alkanes) is 6. The van der Waals surface area contributed by atoms with Crippen LogP contribution in [0.25, 0.3) is 0 Å². The van der Waals surface area contributed by atoms with Gasteiger partial charge in [0, 0.05) is 12.3 Å². The fourth-order valence-electron chi connectivity index (χ4n) is 8.51. The molecule has 0 radical (unpaired) electrons. The summed E-state index contributed by atoms with van der Waals surface area (Å²) < 4.78 is 78.5. The van der Waals surface area contributed by atoms with Crippen LogP contribution in [0.15, 0.2) is 18.2 Å². The highest BCUT2D eigenvalue weighted by Crippen LogP contribution is 2.63. The van der Waals surface area contributed by atoms with Gasteiger partial charge in [0.2, 0.25) is 0 Å². The first-order chi connectivity index (χ1) is 19.7. The van der Waals surface area contributed by atoms with Crippen LogP contribution in [-0.2, 0) is 6.42 Å². The third kappa shape index (κ3) is 7.41. The molecule has 7 atom stereocenters. The van der Waals surface area contributed by atoms with Crippen LogP contribution in [0.1, 0.15) is 107 Å². The van der Waals surface area contributed by atoms with Crippen molar-refractivity contribution in [2.75, 3.05) is 20.1 Å². The van der Waals surface area contributed by atoms with E-state index in [-0.39, 0.29) is 29.4 Å². The molecule has 1 aromatic carbocycles. The Bertz CT molecular complexity index is 1020. The molecule has 0 heterocycles. The van der Waals surface area contributed by atoms with E-state index < -0.39 is 30.8 Å². The van der Waals surface area contributed by atoms with Crippen LogP contribution in [0.4, 0.5) is 26.3 Å². The smallest absolute Gasteiger partial charge is 0.453 e. The van der Waals surface area contributed by atoms with Crippen LogP contribution < -0.4 is 0 Å². The summed E-state index contributed by atoms with van der Waals surface area (Å²) >= 11 is 0. The van der Waals surface area contributed by atoms with Gasteiger partial charge >= 0.3 is 12.1 Å². The second-order valence-electron chi connectivity index (χ2n) is 13.7. The van der Waals surface area contributed by atoms with E-state index in [1.54, 1.807) is 6.07 Å². The zero-order chi connectivity index (χ0) is 30.7. The highest BCUT2D eigenvalue weighted by Gasteiger charge is 2.60. The summed E-state index contributed by atoms with van der Waals surface area (Å²) in [6, 6.07) is 5.41. The van der Waals surface area contributed by atoms with E-state index in [1.165, 1.54) is 0 Å². The van der Waals surface area contributed by atoms with Crippen LogP contribution in [0.2, 0.25) is 0 Å². The van der Waals surface area contributed by atoms with Gasteiger partial charge in [-0.2, -0.15) is 22.0 Å². The molecule has 4 rings (SSSR count). The average molecular weight is 606 g/mol. The van der Waals surface area contributed by atoms with Crippen molar-refractivity contribution in [1.82, 2.24) is 4.90 Å². The first-order valence-electron chi connectivity index (χ1n) is 16.0. The molecule has 2 N–H and O–H groups in total. The van der Waals surface area contributed by atoms with E-state index in [9.17, 15) is 32.2 Å². The van der Waals surface area contributed by atoms with Crippen LogP contribution in [0.5, 0.6) is 5.75 Å². The molecule has 2 saturated carbocycles. The molecule has 9 heteroatoms. The number of phenolic OH excluding ortho intramolecular Hbond substituents is 1. The van der Waals surface area contributed by atoms with Crippen LogP contribution >= 0.6 is 0 Å². The Labute approximate surface area is 247 Å². The molecular weight excluding hydrogens is 556 g/mol. The third-order valence-corrected chi connectivity index (χ3v) is 10.8. The number of phenols is 1. The number of aromatic hydroxyl groups is 1. The van der Waals surface area contributed by atoms with Gasteiger partial charge in [0.15, 0.2) is 0 Å². The molecule has 0 aliphatic heterocycles. The summed E-state index contributed by atoms with van der Waals surface area (Å²) in [5.74, 6) is -3.70. The Morgan fingerprint density at radius 1 is 0.929 bits per heavy atom. The summed E-state index contributed by atoms with van der Waals surface area (Å²) in [6.07, 6.45) is 1.64. The lowest BCUT2D eigenvalue weighted by atomic mass is 9.51. The standard InChI is InChI=1S/C33H49F6NO2/c1-31-21-27(34)30-25-13-12-24(41)20-23(25)19-22(29(30)26(31)14-15-28(31)42)11-7-6-10-18-40(2)17-9-5-3-4-8-16-32(35,36)33(37,38)39/h12-13,20,22,26-30,41-42H,3-11,14-19,21H2,1-2H3/t22-,26+,27+,28+,29+,30+,31+/m1/s1. The second-order valence-corrected chi connectivity index (χ2v) is 13.7. The van der Waals surface area contributed by atoms with Gasteiger partial charge in [-0.15, -0.1) is 0 Å². The van der Waals surface area contributed by atoms with Gasteiger partial charge in [0.25, 0.3) is 0 Å². The Morgan fingerprint density at radius 3 is 2.26 bits per heavy atom. The number of aliphatic hydroxyl groups excluding tert-OH is 1. The summed E-state index contributed by atoms with van der Waals surface area (Å²) in [6.45, 7) is 3.89. The molecule has 0 saturated heterocycles. The molecule has 0 spiro atoms. The number of aliphatic hydroxyl groups is 1. The maximum Gasteiger partial charge on any atom is 0.453 e. The Morgan fingerprint density at radius 2 is 1.57 bits per heavy atom. The van der Waals surface area contributed by atoms with Gasteiger partial charge in [-0.05, 0) is 118 Å². The first kappa shape index (κ1) is 33.4. The fraction of sp³-hybridized carbons (Fsp3) is 0.818. The Kier molecular flexibility index (Phi) is 10.9. The number of hydrogen-bond donors (Lipinski definition) is 2. The Hall–Kier alpha value is -1.48. The minimum atomic E-state index is -5.46. The lowest BCUT2D eigenvalue weighted by Crippen LogP contribution is -2.51. The van der Waals surface area contributed by atoms with Gasteiger partial charge in [0.1, 0.15) is 11.9 Å². The molecule has 3 nitrogen and oxygen atoms in total. The molecular formula is C33H49F6NO2. The zero-order valence-electron chi connectivity index (χ0n) is 25.1. The predicted molar refractivity (Wildman–Crippen MR) is 153 cm³/mol. The van der Waals surface area contributed by atoms with Crippen molar-refractivity contribution in [3.8, 4) is 5.75 Å². The van der Waals surface area contributed by atoms with Gasteiger partial charge in [0.05, 0.1) is 6.10 Å². The van der Waals surface area contributed by atoms with E-state index in [0.29, 0.717) is 31.1 Å². The maximum absolute atomic E-state index is 15.9. The molecule has 2 fully saturated rings. The van der Waals surface area contributed by atoms with Gasteiger partial charge in [-0.25, -0.2) is 4.39 Å². The number of alkyl halides is 6. The lowest BCUT2D eigenvalue weighted by Gasteiger charge is -2.54.